The minimum Gasteiger partial charge on any atom is -0.486 e. The third-order valence-corrected chi connectivity index (χ3v) is 5.81. The van der Waals surface area contributed by atoms with E-state index in [1.54, 1.807) is 23.9 Å². The lowest BCUT2D eigenvalue weighted by molar-refractivity contribution is 0.296. The van der Waals surface area contributed by atoms with E-state index in [0.717, 1.165) is 31.9 Å². The largest absolute Gasteiger partial charge is 0.486 e. The number of hydrogen-bond acceptors (Lipinski definition) is 3. The number of aliphatic imine (C=N–C) groups is 1. The molecule has 0 N–H and O–H groups in total. The molecule has 0 fully saturated rings. The molecular weight excluding hydrogens is 469 g/mol. The summed E-state index contributed by atoms with van der Waals surface area (Å²) in [5.74, 6) is 1.24. The van der Waals surface area contributed by atoms with E-state index in [4.69, 9.17) is 16.3 Å². The summed E-state index contributed by atoms with van der Waals surface area (Å²) in [6, 6.07) is 8.50. The molecule has 23 heavy (non-hydrogen) atoms. The molecule has 0 saturated heterocycles. The topological polar surface area (TPSA) is 21.6 Å². The molecule has 1 aliphatic rings. The lowest BCUT2D eigenvalue weighted by Crippen LogP contribution is -2.02. The highest BCUT2D eigenvalue weighted by Crippen LogP contribution is 2.37. The van der Waals surface area contributed by atoms with Gasteiger partial charge in [-0.25, -0.2) is 4.39 Å². The van der Waals surface area contributed by atoms with Crippen LogP contribution in [0.4, 0.5) is 4.39 Å². The Labute approximate surface area is 159 Å². The van der Waals surface area contributed by atoms with Gasteiger partial charge in [-0.1, -0.05) is 17.7 Å². The SMILES string of the molecule is Fc1cccc(Cl)c1COc1c(Br)cc(C2=NCCS2)cc1Br. The van der Waals surface area contributed by atoms with Gasteiger partial charge >= 0.3 is 0 Å². The van der Waals surface area contributed by atoms with E-state index in [1.807, 2.05) is 12.1 Å². The molecule has 0 atom stereocenters. The number of thioether (sulfide) groups is 1. The van der Waals surface area contributed by atoms with Gasteiger partial charge in [0.15, 0.2) is 0 Å². The van der Waals surface area contributed by atoms with Crippen molar-refractivity contribution in [3.8, 4) is 5.75 Å². The molecule has 2 nitrogen and oxygen atoms in total. The third kappa shape index (κ3) is 3.92. The Hall–Kier alpha value is -0.560. The summed E-state index contributed by atoms with van der Waals surface area (Å²) < 4.78 is 21.1. The van der Waals surface area contributed by atoms with Crippen LogP contribution in [0, 0.1) is 5.82 Å². The van der Waals surface area contributed by atoms with Gasteiger partial charge in [-0.2, -0.15) is 0 Å². The van der Waals surface area contributed by atoms with Crippen molar-refractivity contribution in [1.82, 2.24) is 0 Å². The average Bonchev–Trinajstić information content (AvgIpc) is 3.03. The Kier molecular flexibility index (Phi) is 5.67. The molecule has 2 aromatic carbocycles. The molecule has 1 aliphatic heterocycles. The van der Waals surface area contributed by atoms with Gasteiger partial charge in [0.2, 0.25) is 0 Å². The Morgan fingerprint density at radius 1 is 1.26 bits per heavy atom. The lowest BCUT2D eigenvalue weighted by Gasteiger charge is -2.13. The van der Waals surface area contributed by atoms with Crippen molar-refractivity contribution in [2.45, 2.75) is 6.61 Å². The maximum atomic E-state index is 13.8. The van der Waals surface area contributed by atoms with Crippen LogP contribution in [0.2, 0.25) is 5.02 Å². The molecule has 0 aromatic heterocycles. The first kappa shape index (κ1) is 17.3. The summed E-state index contributed by atoms with van der Waals surface area (Å²) >= 11 is 14.8. The van der Waals surface area contributed by atoms with E-state index in [2.05, 4.69) is 36.9 Å². The second kappa shape index (κ2) is 7.55. The maximum absolute atomic E-state index is 13.8. The standard InChI is InChI=1S/C16H11Br2ClFNOS/c17-11-6-9(16-21-4-5-23-16)7-12(18)15(11)22-8-10-13(19)2-1-3-14(10)20/h1-3,6-7H,4-5,8H2. The van der Waals surface area contributed by atoms with Gasteiger partial charge in [-0.05, 0) is 56.1 Å². The van der Waals surface area contributed by atoms with Crippen molar-refractivity contribution in [2.75, 3.05) is 12.3 Å². The van der Waals surface area contributed by atoms with Gasteiger partial charge in [-0.15, -0.1) is 11.8 Å². The summed E-state index contributed by atoms with van der Waals surface area (Å²) in [6.07, 6.45) is 0. The summed E-state index contributed by atoms with van der Waals surface area (Å²) in [6.45, 7) is 0.900. The van der Waals surface area contributed by atoms with Crippen molar-refractivity contribution >= 4 is 60.3 Å². The Bertz CT molecular complexity index is 741. The van der Waals surface area contributed by atoms with Crippen molar-refractivity contribution in [3.05, 3.63) is 61.2 Å². The van der Waals surface area contributed by atoms with Crippen molar-refractivity contribution in [1.29, 1.82) is 0 Å². The normalized spacial score (nSPS) is 14.0. The molecule has 1 heterocycles. The lowest BCUT2D eigenvalue weighted by atomic mass is 10.2. The molecule has 2 aromatic rings. The molecule has 0 radical (unpaired) electrons. The highest BCUT2D eigenvalue weighted by molar-refractivity contribution is 9.11. The first-order chi connectivity index (χ1) is 11.1. The zero-order valence-electron chi connectivity index (χ0n) is 11.8. The Balaban J connectivity index is 1.83. The predicted octanol–water partition coefficient (Wildman–Crippen LogP) is 6.08. The molecule has 0 unspecified atom stereocenters. The number of nitrogens with zero attached hydrogens (tertiary/aromatic N) is 1. The monoisotopic (exact) mass is 477 g/mol. The van der Waals surface area contributed by atoms with Crippen LogP contribution in [-0.2, 0) is 6.61 Å². The van der Waals surface area contributed by atoms with Gasteiger partial charge in [0.25, 0.3) is 0 Å². The summed E-state index contributed by atoms with van der Waals surface area (Å²) in [7, 11) is 0. The van der Waals surface area contributed by atoms with Gasteiger partial charge in [0.05, 0.1) is 19.0 Å². The molecule has 0 amide bonds. The second-order valence-corrected chi connectivity index (χ2v) is 7.99. The molecule has 7 heteroatoms. The minimum absolute atomic E-state index is 0.0533. The quantitative estimate of drug-likeness (QED) is 0.530. The fourth-order valence-corrected chi connectivity index (χ4v) is 4.62. The van der Waals surface area contributed by atoms with Gasteiger partial charge in [-0.3, -0.25) is 4.99 Å². The van der Waals surface area contributed by atoms with Crippen molar-refractivity contribution in [2.24, 2.45) is 4.99 Å². The highest BCUT2D eigenvalue weighted by atomic mass is 79.9. The second-order valence-electron chi connectivity index (χ2n) is 4.79. The van der Waals surface area contributed by atoms with Gasteiger partial charge in [0, 0.05) is 23.4 Å². The third-order valence-electron chi connectivity index (χ3n) is 3.25. The number of benzene rings is 2. The van der Waals surface area contributed by atoms with Crippen LogP contribution in [0.1, 0.15) is 11.1 Å². The van der Waals surface area contributed by atoms with Crippen LogP contribution in [0.5, 0.6) is 5.75 Å². The van der Waals surface area contributed by atoms with E-state index >= 15 is 0 Å². The van der Waals surface area contributed by atoms with Crippen molar-refractivity contribution in [3.63, 3.8) is 0 Å². The number of halogens is 4. The van der Waals surface area contributed by atoms with Crippen LogP contribution in [0.15, 0.2) is 44.3 Å². The molecule has 120 valence electrons. The Morgan fingerprint density at radius 2 is 2.00 bits per heavy atom. The van der Waals surface area contributed by atoms with E-state index < -0.39 is 0 Å². The van der Waals surface area contributed by atoms with E-state index in [1.165, 1.54) is 6.07 Å². The number of ether oxygens (including phenoxy) is 1. The zero-order chi connectivity index (χ0) is 16.4. The highest BCUT2D eigenvalue weighted by Gasteiger charge is 2.16. The minimum atomic E-state index is -0.377. The fraction of sp³-hybridized carbons (Fsp3) is 0.188. The van der Waals surface area contributed by atoms with Crippen LogP contribution in [-0.4, -0.2) is 17.3 Å². The van der Waals surface area contributed by atoms with Crippen LogP contribution >= 0.6 is 55.2 Å². The first-order valence-electron chi connectivity index (χ1n) is 6.78. The number of rotatable bonds is 4. The van der Waals surface area contributed by atoms with Crippen LogP contribution in [0.3, 0.4) is 0 Å². The Morgan fingerprint density at radius 3 is 2.61 bits per heavy atom. The molecule has 0 aliphatic carbocycles. The van der Waals surface area contributed by atoms with Crippen LogP contribution < -0.4 is 4.74 Å². The van der Waals surface area contributed by atoms with Crippen LogP contribution in [0.25, 0.3) is 0 Å². The van der Waals surface area contributed by atoms with Gasteiger partial charge in [0.1, 0.15) is 18.2 Å². The zero-order valence-corrected chi connectivity index (χ0v) is 16.5. The molecular formula is C16H11Br2ClFNOS. The number of hydrogen-bond donors (Lipinski definition) is 0. The summed E-state index contributed by atoms with van der Waals surface area (Å²) in [4.78, 5) is 4.46. The van der Waals surface area contributed by atoms with E-state index in [9.17, 15) is 4.39 Å². The molecule has 3 rings (SSSR count). The average molecular weight is 480 g/mol. The van der Waals surface area contributed by atoms with E-state index in [-0.39, 0.29) is 12.4 Å². The molecule has 0 spiro atoms. The molecule has 0 saturated carbocycles. The fourth-order valence-electron chi connectivity index (χ4n) is 2.15. The van der Waals surface area contributed by atoms with Crippen molar-refractivity contribution < 1.29 is 9.13 Å². The molecule has 0 bridgehead atoms. The first-order valence-corrected chi connectivity index (χ1v) is 9.73. The van der Waals surface area contributed by atoms with E-state index in [0.29, 0.717) is 16.3 Å². The van der Waals surface area contributed by atoms with Gasteiger partial charge < -0.3 is 4.74 Å². The maximum Gasteiger partial charge on any atom is 0.148 e. The summed E-state index contributed by atoms with van der Waals surface area (Å²) in [5.41, 5.74) is 1.37. The predicted molar refractivity (Wildman–Crippen MR) is 101 cm³/mol. The summed E-state index contributed by atoms with van der Waals surface area (Å²) in [5, 5.41) is 1.38. The smallest absolute Gasteiger partial charge is 0.148 e.